The van der Waals surface area contributed by atoms with Crippen LogP contribution in [0.1, 0.15) is 19.8 Å². The Hall–Kier alpha value is 0.0200. The fourth-order valence-electron chi connectivity index (χ4n) is 1.74. The number of sulfonamides is 1. The molecule has 0 radical (unpaired) electrons. The van der Waals surface area contributed by atoms with Crippen molar-refractivity contribution in [1.29, 1.82) is 0 Å². The summed E-state index contributed by atoms with van der Waals surface area (Å²) < 4.78 is 36.5. The van der Waals surface area contributed by atoms with Gasteiger partial charge in [-0.1, -0.05) is 6.92 Å². The lowest BCUT2D eigenvalue weighted by Crippen LogP contribution is -2.42. The van der Waals surface area contributed by atoms with Gasteiger partial charge in [0.15, 0.2) is 0 Å². The molecular formula is C10H22N2O3S2. The number of rotatable bonds is 7. The second-order valence-corrected chi connectivity index (χ2v) is 7.91. The highest BCUT2D eigenvalue weighted by Gasteiger charge is 2.25. The minimum Gasteiger partial charge on any atom is -0.317 e. The zero-order valence-corrected chi connectivity index (χ0v) is 12.0. The van der Waals surface area contributed by atoms with Gasteiger partial charge in [0, 0.05) is 35.4 Å². The molecule has 0 aromatic heterocycles. The molecule has 17 heavy (non-hydrogen) atoms. The van der Waals surface area contributed by atoms with Gasteiger partial charge in [-0.3, -0.25) is 4.21 Å². The first-order chi connectivity index (χ1) is 8.06. The van der Waals surface area contributed by atoms with Crippen molar-refractivity contribution in [2.75, 3.05) is 43.4 Å². The fourth-order valence-corrected chi connectivity index (χ4v) is 4.59. The van der Waals surface area contributed by atoms with Gasteiger partial charge in [-0.15, -0.1) is 0 Å². The SMILES string of the molecule is CCNCCCCS(=O)(=O)N1CCS(=O)CC1. The van der Waals surface area contributed by atoms with E-state index in [1.807, 2.05) is 6.92 Å². The van der Waals surface area contributed by atoms with Crippen LogP contribution in [0, 0.1) is 0 Å². The highest BCUT2D eigenvalue weighted by Crippen LogP contribution is 2.09. The van der Waals surface area contributed by atoms with Crippen LogP contribution in [0.15, 0.2) is 0 Å². The molecule has 1 N–H and O–H groups in total. The Balaban J connectivity index is 2.28. The molecule has 0 unspecified atom stereocenters. The monoisotopic (exact) mass is 282 g/mol. The van der Waals surface area contributed by atoms with Crippen molar-refractivity contribution in [2.45, 2.75) is 19.8 Å². The average molecular weight is 282 g/mol. The van der Waals surface area contributed by atoms with E-state index < -0.39 is 20.8 Å². The van der Waals surface area contributed by atoms with Crippen LogP contribution >= 0.6 is 0 Å². The van der Waals surface area contributed by atoms with E-state index in [1.54, 1.807) is 0 Å². The number of hydrogen-bond donors (Lipinski definition) is 1. The van der Waals surface area contributed by atoms with E-state index in [0.29, 0.717) is 31.0 Å². The van der Waals surface area contributed by atoms with Crippen LogP contribution in [-0.4, -0.2) is 60.4 Å². The molecular weight excluding hydrogens is 260 g/mol. The summed E-state index contributed by atoms with van der Waals surface area (Å²) in [5.41, 5.74) is 0. The first kappa shape index (κ1) is 15.1. The molecule has 7 heteroatoms. The summed E-state index contributed by atoms with van der Waals surface area (Å²) in [7, 11) is -3.94. The maximum absolute atomic E-state index is 11.9. The standard InChI is InChI=1S/C10H22N2O3S2/c1-2-11-5-3-4-10-17(14,15)12-6-8-16(13)9-7-12/h11H,2-10H2,1H3. The van der Waals surface area contributed by atoms with Gasteiger partial charge in [-0.05, 0) is 25.9 Å². The summed E-state index contributed by atoms with van der Waals surface area (Å²) in [6, 6.07) is 0. The lowest BCUT2D eigenvalue weighted by molar-refractivity contribution is 0.437. The summed E-state index contributed by atoms with van der Waals surface area (Å²) >= 11 is 0. The molecule has 0 bridgehead atoms. The Morgan fingerprint density at radius 3 is 2.47 bits per heavy atom. The summed E-state index contributed by atoms with van der Waals surface area (Å²) in [6.45, 7) is 4.66. The molecule has 1 heterocycles. The Bertz CT molecular complexity index is 333. The van der Waals surface area contributed by atoms with Crippen molar-refractivity contribution >= 4 is 20.8 Å². The van der Waals surface area contributed by atoms with Crippen LogP contribution in [-0.2, 0) is 20.8 Å². The molecule has 0 amide bonds. The predicted octanol–water partition coefficient (Wildman–Crippen LogP) is -0.230. The zero-order valence-electron chi connectivity index (χ0n) is 10.4. The Morgan fingerprint density at radius 1 is 1.24 bits per heavy atom. The van der Waals surface area contributed by atoms with Gasteiger partial charge in [-0.2, -0.15) is 0 Å². The van der Waals surface area contributed by atoms with Gasteiger partial charge in [0.1, 0.15) is 0 Å². The van der Waals surface area contributed by atoms with Crippen LogP contribution in [0.2, 0.25) is 0 Å². The highest BCUT2D eigenvalue weighted by molar-refractivity contribution is 7.89. The lowest BCUT2D eigenvalue weighted by atomic mass is 10.3. The van der Waals surface area contributed by atoms with Crippen molar-refractivity contribution in [3.05, 3.63) is 0 Å². The quantitative estimate of drug-likeness (QED) is 0.655. The number of nitrogens with one attached hydrogen (secondary N) is 1. The van der Waals surface area contributed by atoms with Crippen molar-refractivity contribution < 1.29 is 12.6 Å². The van der Waals surface area contributed by atoms with Gasteiger partial charge in [-0.25, -0.2) is 12.7 Å². The van der Waals surface area contributed by atoms with E-state index in [2.05, 4.69) is 5.32 Å². The molecule has 0 aromatic carbocycles. The largest absolute Gasteiger partial charge is 0.317 e. The summed E-state index contributed by atoms with van der Waals surface area (Å²) in [5, 5.41) is 3.17. The van der Waals surface area contributed by atoms with Crippen molar-refractivity contribution in [3.8, 4) is 0 Å². The molecule has 1 fully saturated rings. The van der Waals surface area contributed by atoms with Crippen LogP contribution in [0.25, 0.3) is 0 Å². The third-order valence-electron chi connectivity index (χ3n) is 2.79. The molecule has 5 nitrogen and oxygen atoms in total. The van der Waals surface area contributed by atoms with E-state index in [0.717, 1.165) is 19.5 Å². The number of hydrogen-bond acceptors (Lipinski definition) is 4. The Morgan fingerprint density at radius 2 is 1.88 bits per heavy atom. The highest BCUT2D eigenvalue weighted by atomic mass is 32.2. The van der Waals surface area contributed by atoms with Gasteiger partial charge >= 0.3 is 0 Å². The summed E-state index contributed by atoms with van der Waals surface area (Å²) in [6.07, 6.45) is 1.57. The first-order valence-electron chi connectivity index (χ1n) is 6.10. The van der Waals surface area contributed by atoms with E-state index in [-0.39, 0.29) is 5.75 Å². The predicted molar refractivity (Wildman–Crippen MR) is 71.0 cm³/mol. The minimum atomic E-state index is -3.12. The third kappa shape index (κ3) is 5.46. The first-order valence-corrected chi connectivity index (χ1v) is 9.19. The molecule has 1 aliphatic rings. The molecule has 102 valence electrons. The molecule has 0 atom stereocenters. The number of unbranched alkanes of at least 4 members (excludes halogenated alkanes) is 1. The van der Waals surface area contributed by atoms with Crippen molar-refractivity contribution in [2.24, 2.45) is 0 Å². The summed E-state index contributed by atoms with van der Waals surface area (Å²) in [5.74, 6) is 1.18. The van der Waals surface area contributed by atoms with E-state index >= 15 is 0 Å². The molecule has 1 saturated heterocycles. The topological polar surface area (TPSA) is 66.5 Å². The van der Waals surface area contributed by atoms with E-state index in [1.165, 1.54) is 4.31 Å². The maximum atomic E-state index is 11.9. The normalized spacial score (nSPS) is 19.6. The smallest absolute Gasteiger partial charge is 0.214 e. The zero-order chi connectivity index (χ0) is 12.7. The molecule has 1 rings (SSSR count). The van der Waals surface area contributed by atoms with Crippen LogP contribution in [0.4, 0.5) is 0 Å². The van der Waals surface area contributed by atoms with E-state index in [9.17, 15) is 12.6 Å². The molecule has 0 aromatic rings. The van der Waals surface area contributed by atoms with Crippen molar-refractivity contribution in [1.82, 2.24) is 9.62 Å². The van der Waals surface area contributed by atoms with Gasteiger partial charge in [0.05, 0.1) is 5.75 Å². The molecule has 0 saturated carbocycles. The summed E-state index contributed by atoms with van der Waals surface area (Å²) in [4.78, 5) is 0. The fraction of sp³-hybridized carbons (Fsp3) is 1.00. The van der Waals surface area contributed by atoms with Crippen LogP contribution in [0.3, 0.4) is 0 Å². The van der Waals surface area contributed by atoms with Crippen LogP contribution in [0.5, 0.6) is 0 Å². The minimum absolute atomic E-state index is 0.213. The molecule has 0 aliphatic carbocycles. The second-order valence-electron chi connectivity index (χ2n) is 4.12. The van der Waals surface area contributed by atoms with Gasteiger partial charge < -0.3 is 5.32 Å². The maximum Gasteiger partial charge on any atom is 0.214 e. The van der Waals surface area contributed by atoms with E-state index in [4.69, 9.17) is 0 Å². The second kappa shape index (κ2) is 7.45. The Labute approximate surface area is 106 Å². The third-order valence-corrected chi connectivity index (χ3v) is 6.02. The average Bonchev–Trinajstić information content (AvgIpc) is 2.29. The van der Waals surface area contributed by atoms with Crippen molar-refractivity contribution in [3.63, 3.8) is 0 Å². The molecule has 1 aliphatic heterocycles. The van der Waals surface area contributed by atoms with Crippen LogP contribution < -0.4 is 5.32 Å². The molecule has 0 spiro atoms. The number of nitrogens with zero attached hydrogens (tertiary/aromatic N) is 1. The lowest BCUT2D eigenvalue weighted by Gasteiger charge is -2.25. The Kier molecular flexibility index (Phi) is 6.61. The van der Waals surface area contributed by atoms with Gasteiger partial charge in [0.2, 0.25) is 10.0 Å². The van der Waals surface area contributed by atoms with Gasteiger partial charge in [0.25, 0.3) is 0 Å².